The number of benzene rings is 1. The fourth-order valence-electron chi connectivity index (χ4n) is 4.60. The maximum absolute atomic E-state index is 12.9. The molecule has 0 saturated carbocycles. The highest BCUT2D eigenvalue weighted by atomic mass is 16.2. The summed E-state index contributed by atoms with van der Waals surface area (Å²) in [5.74, 6) is 1.56. The molecule has 4 rings (SSSR count). The molecule has 3 aliphatic rings. The number of carbonyl (C=O) groups is 1. The minimum absolute atomic E-state index is 0.215. The third-order valence-corrected chi connectivity index (χ3v) is 6.05. The van der Waals surface area contributed by atoms with Crippen LogP contribution >= 0.6 is 0 Å². The summed E-state index contributed by atoms with van der Waals surface area (Å²) in [5.41, 5.74) is 3.61. The van der Waals surface area contributed by atoms with Crippen molar-refractivity contribution in [2.75, 3.05) is 31.1 Å². The second-order valence-corrected chi connectivity index (χ2v) is 7.82. The molecular formula is C21H28N2O. The van der Waals surface area contributed by atoms with Gasteiger partial charge in [-0.3, -0.25) is 4.79 Å². The molecule has 0 unspecified atom stereocenters. The highest BCUT2D eigenvalue weighted by Crippen LogP contribution is 2.36. The number of hydrogen-bond acceptors (Lipinski definition) is 2. The molecule has 1 aliphatic carbocycles. The van der Waals surface area contributed by atoms with Gasteiger partial charge in [-0.2, -0.15) is 0 Å². The summed E-state index contributed by atoms with van der Waals surface area (Å²) in [6, 6.07) is 8.32. The minimum Gasteiger partial charge on any atom is -0.372 e. The second kappa shape index (κ2) is 6.62. The number of nitrogens with zero attached hydrogens (tertiary/aromatic N) is 2. The van der Waals surface area contributed by atoms with Crippen LogP contribution in [0.15, 0.2) is 35.9 Å². The van der Waals surface area contributed by atoms with E-state index in [1.165, 1.54) is 36.9 Å². The van der Waals surface area contributed by atoms with Crippen LogP contribution < -0.4 is 4.90 Å². The first kappa shape index (κ1) is 15.7. The second-order valence-electron chi connectivity index (χ2n) is 7.82. The quantitative estimate of drug-likeness (QED) is 0.765. The van der Waals surface area contributed by atoms with Gasteiger partial charge >= 0.3 is 0 Å². The lowest BCUT2D eigenvalue weighted by Crippen LogP contribution is -2.30. The van der Waals surface area contributed by atoms with Crippen LogP contribution in [-0.2, 0) is 0 Å². The summed E-state index contributed by atoms with van der Waals surface area (Å²) in [6.45, 7) is 6.38. The Balaban J connectivity index is 1.42. The number of anilines is 1. The first-order valence-corrected chi connectivity index (χ1v) is 9.50. The lowest BCUT2D eigenvalue weighted by Gasteiger charge is -2.29. The highest BCUT2D eigenvalue weighted by Gasteiger charge is 2.36. The molecule has 3 nitrogen and oxygen atoms in total. The number of carbonyl (C=O) groups excluding carboxylic acids is 1. The Bertz CT molecular complexity index is 628. The first-order chi connectivity index (χ1) is 11.7. The zero-order valence-corrected chi connectivity index (χ0v) is 14.7. The predicted molar refractivity (Wildman–Crippen MR) is 98.4 cm³/mol. The maximum atomic E-state index is 12.9. The Morgan fingerprint density at radius 1 is 1.00 bits per heavy atom. The maximum Gasteiger partial charge on any atom is 0.253 e. The van der Waals surface area contributed by atoms with Crippen LogP contribution in [0.1, 0.15) is 49.4 Å². The summed E-state index contributed by atoms with van der Waals surface area (Å²) in [6.07, 6.45) is 8.59. The first-order valence-electron chi connectivity index (χ1n) is 9.50. The highest BCUT2D eigenvalue weighted by molar-refractivity contribution is 5.94. The van der Waals surface area contributed by atoms with Gasteiger partial charge in [-0.05, 0) is 75.1 Å². The van der Waals surface area contributed by atoms with E-state index in [9.17, 15) is 4.79 Å². The Morgan fingerprint density at radius 3 is 2.46 bits per heavy atom. The van der Waals surface area contributed by atoms with Crippen molar-refractivity contribution < 1.29 is 4.79 Å². The lowest BCUT2D eigenvalue weighted by molar-refractivity contribution is 0.0784. The van der Waals surface area contributed by atoms with E-state index in [1.54, 1.807) is 0 Å². The molecule has 0 radical (unpaired) electrons. The van der Waals surface area contributed by atoms with Gasteiger partial charge in [0, 0.05) is 37.4 Å². The van der Waals surface area contributed by atoms with E-state index >= 15 is 0 Å². The van der Waals surface area contributed by atoms with Crippen molar-refractivity contribution in [3.05, 3.63) is 41.5 Å². The minimum atomic E-state index is 0.215. The normalized spacial score (nSPS) is 27.0. The fraction of sp³-hybridized carbons (Fsp3) is 0.571. The third kappa shape index (κ3) is 3.09. The Morgan fingerprint density at radius 2 is 1.71 bits per heavy atom. The predicted octanol–water partition coefficient (Wildman–Crippen LogP) is 4.11. The van der Waals surface area contributed by atoms with Crippen LogP contribution in [0.5, 0.6) is 0 Å². The average Bonchev–Trinajstić information content (AvgIpc) is 3.05. The van der Waals surface area contributed by atoms with Crippen LogP contribution in [-0.4, -0.2) is 37.0 Å². The molecule has 1 aromatic rings. The van der Waals surface area contributed by atoms with Gasteiger partial charge in [0.2, 0.25) is 0 Å². The van der Waals surface area contributed by atoms with E-state index in [0.717, 1.165) is 38.2 Å². The standard InChI is InChI=1S/C21H28N2O/c1-16-5-6-18-14-23(15-19(18)13-16)21(24)17-7-9-20(10-8-17)22-11-3-2-4-12-22/h5,7-10,18-19H,2-4,6,11-15H2,1H3/t18-,19+/m1/s1. The monoisotopic (exact) mass is 324 g/mol. The van der Waals surface area contributed by atoms with Crippen LogP contribution in [0.25, 0.3) is 0 Å². The van der Waals surface area contributed by atoms with Gasteiger partial charge in [0.1, 0.15) is 0 Å². The number of amides is 1. The number of allylic oxidation sites excluding steroid dienone is 2. The number of rotatable bonds is 2. The summed E-state index contributed by atoms with van der Waals surface area (Å²) in [7, 11) is 0. The summed E-state index contributed by atoms with van der Waals surface area (Å²) >= 11 is 0. The van der Waals surface area contributed by atoms with Crippen molar-refractivity contribution in [3.63, 3.8) is 0 Å². The summed E-state index contributed by atoms with van der Waals surface area (Å²) < 4.78 is 0. The third-order valence-electron chi connectivity index (χ3n) is 6.05. The number of piperidine rings is 1. The van der Waals surface area contributed by atoms with Gasteiger partial charge < -0.3 is 9.80 Å². The summed E-state index contributed by atoms with van der Waals surface area (Å²) in [4.78, 5) is 17.4. The van der Waals surface area contributed by atoms with Gasteiger partial charge in [0.25, 0.3) is 5.91 Å². The van der Waals surface area contributed by atoms with Gasteiger partial charge in [0.15, 0.2) is 0 Å². The molecule has 2 aliphatic heterocycles. The van der Waals surface area contributed by atoms with E-state index in [1.807, 2.05) is 12.1 Å². The van der Waals surface area contributed by atoms with E-state index in [0.29, 0.717) is 11.8 Å². The van der Waals surface area contributed by atoms with Crippen LogP contribution in [0, 0.1) is 11.8 Å². The Kier molecular flexibility index (Phi) is 4.34. The molecule has 2 atom stereocenters. The van der Waals surface area contributed by atoms with Crippen molar-refractivity contribution >= 4 is 11.6 Å². The molecule has 0 N–H and O–H groups in total. The number of hydrogen-bond donors (Lipinski definition) is 0. The van der Waals surface area contributed by atoms with Crippen molar-refractivity contribution in [1.82, 2.24) is 4.90 Å². The zero-order chi connectivity index (χ0) is 16.5. The zero-order valence-electron chi connectivity index (χ0n) is 14.7. The molecule has 0 spiro atoms. The molecule has 2 heterocycles. The molecule has 0 bridgehead atoms. The Hall–Kier alpha value is -1.77. The van der Waals surface area contributed by atoms with Crippen LogP contribution in [0.3, 0.4) is 0 Å². The molecule has 3 heteroatoms. The Labute approximate surface area is 145 Å². The van der Waals surface area contributed by atoms with Crippen molar-refractivity contribution in [3.8, 4) is 0 Å². The number of likely N-dealkylation sites (tertiary alicyclic amines) is 1. The van der Waals surface area contributed by atoms with Crippen LogP contribution in [0.2, 0.25) is 0 Å². The van der Waals surface area contributed by atoms with Crippen molar-refractivity contribution in [2.45, 2.75) is 39.0 Å². The van der Waals surface area contributed by atoms with Gasteiger partial charge in [0.05, 0.1) is 0 Å². The van der Waals surface area contributed by atoms with E-state index in [4.69, 9.17) is 0 Å². The van der Waals surface area contributed by atoms with Gasteiger partial charge in [-0.25, -0.2) is 0 Å². The van der Waals surface area contributed by atoms with E-state index in [-0.39, 0.29) is 5.91 Å². The summed E-state index contributed by atoms with van der Waals surface area (Å²) in [5, 5.41) is 0. The van der Waals surface area contributed by atoms with Gasteiger partial charge in [-0.15, -0.1) is 0 Å². The average molecular weight is 324 g/mol. The van der Waals surface area contributed by atoms with E-state index < -0.39 is 0 Å². The van der Waals surface area contributed by atoms with Crippen molar-refractivity contribution in [2.24, 2.45) is 11.8 Å². The topological polar surface area (TPSA) is 23.6 Å². The molecule has 1 aromatic carbocycles. The van der Waals surface area contributed by atoms with E-state index in [2.05, 4.69) is 34.9 Å². The SMILES string of the molecule is CC1=CC[C@@H]2CN(C(=O)c3ccc(N4CCCCC4)cc3)C[C@@H]2C1. The molecule has 2 saturated heterocycles. The molecule has 0 aromatic heterocycles. The number of fused-ring (bicyclic) bond motifs is 1. The molecule has 24 heavy (non-hydrogen) atoms. The van der Waals surface area contributed by atoms with Crippen molar-refractivity contribution in [1.29, 1.82) is 0 Å². The lowest BCUT2D eigenvalue weighted by atomic mass is 9.83. The van der Waals surface area contributed by atoms with Crippen LogP contribution in [0.4, 0.5) is 5.69 Å². The molecule has 1 amide bonds. The van der Waals surface area contributed by atoms with Gasteiger partial charge in [-0.1, -0.05) is 11.6 Å². The molecule has 128 valence electrons. The molecular weight excluding hydrogens is 296 g/mol. The largest absolute Gasteiger partial charge is 0.372 e. The fourth-order valence-corrected chi connectivity index (χ4v) is 4.60. The molecule has 2 fully saturated rings. The smallest absolute Gasteiger partial charge is 0.253 e.